The van der Waals surface area contributed by atoms with Gasteiger partial charge >= 0.3 is 5.97 Å². The average Bonchev–Trinajstić information content (AvgIpc) is 2.46. The van der Waals surface area contributed by atoms with Gasteiger partial charge in [0.15, 0.2) is 0 Å². The lowest BCUT2D eigenvalue weighted by atomic mass is 10.2. The Morgan fingerprint density at radius 3 is 2.35 bits per heavy atom. The molecule has 0 atom stereocenters. The zero-order chi connectivity index (χ0) is 15.2. The van der Waals surface area contributed by atoms with Crippen molar-refractivity contribution in [3.8, 4) is 5.75 Å². The second-order valence-electron chi connectivity index (χ2n) is 3.61. The van der Waals surface area contributed by atoms with E-state index in [1.165, 1.54) is 6.08 Å². The van der Waals surface area contributed by atoms with Crippen LogP contribution < -0.4 is 10.1 Å². The van der Waals surface area contributed by atoms with E-state index < -0.39 is 5.97 Å². The van der Waals surface area contributed by atoms with Gasteiger partial charge in [0, 0.05) is 24.7 Å². The molecule has 6 nitrogen and oxygen atoms in total. The zero-order valence-corrected chi connectivity index (χ0v) is 11.5. The number of aliphatic hydroxyl groups is 2. The van der Waals surface area contributed by atoms with Crippen molar-refractivity contribution in [3.05, 3.63) is 35.9 Å². The Bertz CT molecular complexity index is 402. The molecule has 0 radical (unpaired) electrons. The van der Waals surface area contributed by atoms with Gasteiger partial charge < -0.3 is 25.4 Å². The minimum atomic E-state index is -0.967. The summed E-state index contributed by atoms with van der Waals surface area (Å²) < 4.78 is 5.03. The maximum atomic E-state index is 10.2. The fraction of sp³-hybridized carbons (Fsp3) is 0.357. The highest BCUT2D eigenvalue weighted by atomic mass is 16.5. The summed E-state index contributed by atoms with van der Waals surface area (Å²) in [5, 5.41) is 27.5. The molecule has 0 aromatic heterocycles. The summed E-state index contributed by atoms with van der Waals surface area (Å²) in [6.45, 7) is 1.42. The van der Waals surface area contributed by atoms with E-state index in [-0.39, 0.29) is 13.2 Å². The number of aliphatic hydroxyl groups excluding tert-OH is 2. The van der Waals surface area contributed by atoms with Gasteiger partial charge in [0.1, 0.15) is 5.75 Å². The van der Waals surface area contributed by atoms with Gasteiger partial charge in [-0.05, 0) is 12.1 Å². The molecule has 0 bridgehead atoms. The summed E-state index contributed by atoms with van der Waals surface area (Å²) in [7, 11) is 1.55. The molecule has 0 unspecified atom stereocenters. The highest BCUT2D eigenvalue weighted by Crippen LogP contribution is 2.18. The van der Waals surface area contributed by atoms with Gasteiger partial charge in [0.05, 0.1) is 20.3 Å². The number of para-hydroxylation sites is 1. The molecule has 1 rings (SSSR count). The number of benzene rings is 1. The molecule has 0 aliphatic heterocycles. The van der Waals surface area contributed by atoms with E-state index in [0.29, 0.717) is 18.8 Å². The summed E-state index contributed by atoms with van der Waals surface area (Å²) in [6.07, 6.45) is 2.58. The molecule has 0 saturated carbocycles. The largest absolute Gasteiger partial charge is 0.496 e. The standard InChI is InChI=1S/C10H10O3.C4H11NO2/c1-13-9-5-3-2-4-8(9)6-7-10(11)12;6-3-1-5-2-4-7/h2-7H,1H3,(H,11,12);5-7H,1-4H2/b7-6+;. The molecule has 0 spiro atoms. The molecule has 112 valence electrons. The van der Waals surface area contributed by atoms with Crippen molar-refractivity contribution in [2.24, 2.45) is 0 Å². The molecule has 6 heteroatoms. The number of aliphatic carboxylic acids is 1. The minimum Gasteiger partial charge on any atom is -0.496 e. The lowest BCUT2D eigenvalue weighted by molar-refractivity contribution is -0.131. The number of hydrogen-bond acceptors (Lipinski definition) is 5. The SMILES string of the molecule is COc1ccccc1/C=C/C(=O)O.OCCNCCO. The minimum absolute atomic E-state index is 0.139. The number of carboxylic acid groups (broad SMARTS) is 1. The molecule has 1 aromatic carbocycles. The third-order valence-corrected chi connectivity index (χ3v) is 2.12. The quantitative estimate of drug-likeness (QED) is 0.426. The lowest BCUT2D eigenvalue weighted by Gasteiger charge is -2.02. The Hall–Kier alpha value is -1.89. The van der Waals surface area contributed by atoms with Crippen LogP contribution in [0.15, 0.2) is 30.3 Å². The first-order valence-corrected chi connectivity index (χ1v) is 6.12. The Morgan fingerprint density at radius 1 is 1.25 bits per heavy atom. The van der Waals surface area contributed by atoms with Gasteiger partial charge in [0.2, 0.25) is 0 Å². The summed E-state index contributed by atoms with van der Waals surface area (Å²) >= 11 is 0. The molecular weight excluding hydrogens is 262 g/mol. The third-order valence-electron chi connectivity index (χ3n) is 2.12. The molecule has 1 aromatic rings. The zero-order valence-electron chi connectivity index (χ0n) is 11.5. The van der Waals surface area contributed by atoms with Gasteiger partial charge in [0.25, 0.3) is 0 Å². The van der Waals surface area contributed by atoms with Crippen LogP contribution in [-0.2, 0) is 4.79 Å². The smallest absolute Gasteiger partial charge is 0.328 e. The van der Waals surface area contributed by atoms with Crippen molar-refractivity contribution in [2.45, 2.75) is 0 Å². The summed E-state index contributed by atoms with van der Waals surface area (Å²) in [5.41, 5.74) is 0.757. The fourth-order valence-corrected chi connectivity index (χ4v) is 1.25. The summed E-state index contributed by atoms with van der Waals surface area (Å²) in [4.78, 5) is 10.2. The van der Waals surface area contributed by atoms with Crippen LogP contribution in [0.3, 0.4) is 0 Å². The molecule has 0 heterocycles. The van der Waals surface area contributed by atoms with Crippen molar-refractivity contribution < 1.29 is 24.9 Å². The van der Waals surface area contributed by atoms with Gasteiger partial charge in [-0.25, -0.2) is 4.79 Å². The van der Waals surface area contributed by atoms with Crippen molar-refractivity contribution >= 4 is 12.0 Å². The summed E-state index contributed by atoms with van der Waals surface area (Å²) in [6, 6.07) is 7.22. The second kappa shape index (κ2) is 12.2. The number of hydrogen-bond donors (Lipinski definition) is 4. The number of methoxy groups -OCH3 is 1. The van der Waals surface area contributed by atoms with Crippen LogP contribution in [0.5, 0.6) is 5.75 Å². The van der Waals surface area contributed by atoms with E-state index in [0.717, 1.165) is 11.6 Å². The van der Waals surface area contributed by atoms with Crippen molar-refractivity contribution in [1.29, 1.82) is 0 Å². The molecule has 0 amide bonds. The van der Waals surface area contributed by atoms with Crippen LogP contribution in [0.4, 0.5) is 0 Å². The summed E-state index contributed by atoms with van der Waals surface area (Å²) in [5.74, 6) is -0.300. The second-order valence-corrected chi connectivity index (χ2v) is 3.61. The molecule has 4 N–H and O–H groups in total. The molecule has 0 fully saturated rings. The number of nitrogens with one attached hydrogen (secondary N) is 1. The van der Waals surface area contributed by atoms with E-state index >= 15 is 0 Å². The average molecular weight is 283 g/mol. The Balaban J connectivity index is 0.000000441. The molecular formula is C14H21NO5. The van der Waals surface area contributed by atoms with E-state index in [9.17, 15) is 4.79 Å². The van der Waals surface area contributed by atoms with Gasteiger partial charge in [-0.3, -0.25) is 0 Å². The van der Waals surface area contributed by atoms with Gasteiger partial charge in [-0.15, -0.1) is 0 Å². The molecule has 0 saturated heterocycles. The predicted molar refractivity (Wildman–Crippen MR) is 76.7 cm³/mol. The van der Waals surface area contributed by atoms with Crippen LogP contribution in [0.25, 0.3) is 6.08 Å². The van der Waals surface area contributed by atoms with Crippen LogP contribution in [-0.4, -0.2) is 54.7 Å². The van der Waals surface area contributed by atoms with E-state index in [2.05, 4.69) is 5.32 Å². The highest BCUT2D eigenvalue weighted by Gasteiger charge is 1.96. The van der Waals surface area contributed by atoms with Crippen LogP contribution >= 0.6 is 0 Å². The van der Waals surface area contributed by atoms with Gasteiger partial charge in [-0.1, -0.05) is 18.2 Å². The number of carboxylic acids is 1. The third kappa shape index (κ3) is 9.09. The molecule has 20 heavy (non-hydrogen) atoms. The topological polar surface area (TPSA) is 99.0 Å². The lowest BCUT2D eigenvalue weighted by Crippen LogP contribution is -2.21. The molecule has 0 aliphatic rings. The van der Waals surface area contributed by atoms with Crippen molar-refractivity contribution in [2.75, 3.05) is 33.4 Å². The van der Waals surface area contributed by atoms with Crippen molar-refractivity contribution in [1.82, 2.24) is 5.32 Å². The maximum absolute atomic E-state index is 10.2. The number of rotatable bonds is 7. The normalized spacial score (nSPS) is 9.95. The van der Waals surface area contributed by atoms with Crippen LogP contribution in [0.2, 0.25) is 0 Å². The fourth-order valence-electron chi connectivity index (χ4n) is 1.25. The van der Waals surface area contributed by atoms with E-state index in [1.807, 2.05) is 12.1 Å². The Kier molecular flexibility index (Phi) is 11.0. The number of carbonyl (C=O) groups is 1. The number of ether oxygens (including phenoxy) is 1. The Morgan fingerprint density at radius 2 is 1.85 bits per heavy atom. The first-order valence-electron chi connectivity index (χ1n) is 6.12. The highest BCUT2D eigenvalue weighted by molar-refractivity contribution is 5.85. The first kappa shape index (κ1) is 18.1. The van der Waals surface area contributed by atoms with E-state index in [4.69, 9.17) is 20.1 Å². The first-order chi connectivity index (χ1) is 9.65. The van der Waals surface area contributed by atoms with Crippen molar-refractivity contribution in [3.63, 3.8) is 0 Å². The monoisotopic (exact) mass is 283 g/mol. The Labute approximate surface area is 118 Å². The van der Waals surface area contributed by atoms with Crippen LogP contribution in [0, 0.1) is 0 Å². The van der Waals surface area contributed by atoms with Gasteiger partial charge in [-0.2, -0.15) is 0 Å². The van der Waals surface area contributed by atoms with E-state index in [1.54, 1.807) is 19.2 Å². The maximum Gasteiger partial charge on any atom is 0.328 e. The van der Waals surface area contributed by atoms with Crippen LogP contribution in [0.1, 0.15) is 5.56 Å². The molecule has 0 aliphatic carbocycles. The predicted octanol–water partition coefficient (Wildman–Crippen LogP) is 0.354.